The van der Waals surface area contributed by atoms with Crippen molar-refractivity contribution >= 4 is 0 Å². The topological polar surface area (TPSA) is 12.0 Å². The summed E-state index contributed by atoms with van der Waals surface area (Å²) in [6, 6.07) is 0. The maximum Gasteiger partial charge on any atom is -0.00153 e. The van der Waals surface area contributed by atoms with Crippen LogP contribution < -0.4 is 5.32 Å². The summed E-state index contributed by atoms with van der Waals surface area (Å²) in [7, 11) is 0. The summed E-state index contributed by atoms with van der Waals surface area (Å²) in [5, 5.41) is 3.67. The quantitative estimate of drug-likeness (QED) is 0.726. The van der Waals surface area contributed by atoms with Gasteiger partial charge in [-0.25, -0.2) is 0 Å². The molecule has 1 heteroatoms. The molecule has 82 valence electrons. The second-order valence-corrected chi connectivity index (χ2v) is 6.03. The minimum absolute atomic E-state index is 0.592. The SMILES string of the molecule is CC1(C)CCCCC1CNCC1CC1. The van der Waals surface area contributed by atoms with Gasteiger partial charge in [-0.15, -0.1) is 0 Å². The van der Waals surface area contributed by atoms with Gasteiger partial charge in [0, 0.05) is 0 Å². The molecular weight excluding hydrogens is 170 g/mol. The largest absolute Gasteiger partial charge is 0.316 e. The van der Waals surface area contributed by atoms with Gasteiger partial charge in [0.25, 0.3) is 0 Å². The molecule has 0 aromatic rings. The molecule has 0 saturated heterocycles. The minimum Gasteiger partial charge on any atom is -0.316 e. The Kier molecular flexibility index (Phi) is 3.16. The molecule has 0 heterocycles. The van der Waals surface area contributed by atoms with Crippen LogP contribution in [0.25, 0.3) is 0 Å². The van der Waals surface area contributed by atoms with Gasteiger partial charge in [-0.2, -0.15) is 0 Å². The Labute approximate surface area is 88.7 Å². The van der Waals surface area contributed by atoms with Gasteiger partial charge in [0.2, 0.25) is 0 Å². The summed E-state index contributed by atoms with van der Waals surface area (Å²) in [5.41, 5.74) is 0.592. The first kappa shape index (κ1) is 10.5. The molecule has 1 atom stereocenters. The molecule has 2 aliphatic carbocycles. The smallest absolute Gasteiger partial charge is 0.00153 e. The van der Waals surface area contributed by atoms with Crippen LogP contribution in [-0.2, 0) is 0 Å². The molecular formula is C13H25N. The van der Waals surface area contributed by atoms with E-state index in [0.717, 1.165) is 11.8 Å². The molecule has 0 aliphatic heterocycles. The maximum absolute atomic E-state index is 3.67. The van der Waals surface area contributed by atoms with Crippen molar-refractivity contribution in [3.8, 4) is 0 Å². The van der Waals surface area contributed by atoms with Gasteiger partial charge in [-0.3, -0.25) is 0 Å². The summed E-state index contributed by atoms with van der Waals surface area (Å²) in [6.45, 7) is 7.46. The number of hydrogen-bond donors (Lipinski definition) is 1. The monoisotopic (exact) mass is 195 g/mol. The summed E-state index contributed by atoms with van der Waals surface area (Å²) < 4.78 is 0. The van der Waals surface area contributed by atoms with Crippen LogP contribution in [0, 0.1) is 17.3 Å². The molecule has 2 rings (SSSR count). The lowest BCUT2D eigenvalue weighted by atomic mass is 9.69. The molecule has 2 fully saturated rings. The van der Waals surface area contributed by atoms with E-state index in [1.807, 2.05) is 0 Å². The zero-order chi connectivity index (χ0) is 10.0. The molecule has 0 amide bonds. The van der Waals surface area contributed by atoms with E-state index in [1.54, 1.807) is 0 Å². The lowest BCUT2D eigenvalue weighted by Crippen LogP contribution is -2.36. The van der Waals surface area contributed by atoms with Crippen LogP contribution in [0.5, 0.6) is 0 Å². The molecule has 1 N–H and O–H groups in total. The summed E-state index contributed by atoms with van der Waals surface area (Å²) in [5.74, 6) is 1.96. The molecule has 14 heavy (non-hydrogen) atoms. The first-order chi connectivity index (χ1) is 6.68. The second-order valence-electron chi connectivity index (χ2n) is 6.03. The fourth-order valence-electron chi connectivity index (χ4n) is 2.73. The van der Waals surface area contributed by atoms with Gasteiger partial charge in [-0.05, 0) is 56.0 Å². The van der Waals surface area contributed by atoms with Crippen LogP contribution in [0.2, 0.25) is 0 Å². The highest BCUT2D eigenvalue weighted by molar-refractivity contribution is 4.85. The minimum atomic E-state index is 0.592. The average Bonchev–Trinajstić information content (AvgIpc) is 2.91. The molecule has 0 aromatic carbocycles. The molecule has 0 aromatic heterocycles. The molecule has 2 saturated carbocycles. The molecule has 1 nitrogen and oxygen atoms in total. The highest BCUT2D eigenvalue weighted by atomic mass is 14.9. The number of rotatable bonds is 4. The molecule has 2 aliphatic rings. The Balaban J connectivity index is 1.70. The van der Waals surface area contributed by atoms with Crippen molar-refractivity contribution in [2.75, 3.05) is 13.1 Å². The van der Waals surface area contributed by atoms with Gasteiger partial charge < -0.3 is 5.32 Å². The van der Waals surface area contributed by atoms with Crippen molar-refractivity contribution in [1.29, 1.82) is 0 Å². The Morgan fingerprint density at radius 2 is 1.86 bits per heavy atom. The molecule has 0 spiro atoms. The third-order valence-electron chi connectivity index (χ3n) is 4.25. The zero-order valence-corrected chi connectivity index (χ0v) is 9.81. The first-order valence-electron chi connectivity index (χ1n) is 6.39. The first-order valence-corrected chi connectivity index (χ1v) is 6.39. The highest BCUT2D eigenvalue weighted by Crippen LogP contribution is 2.40. The number of nitrogens with one attached hydrogen (secondary N) is 1. The number of hydrogen-bond acceptors (Lipinski definition) is 1. The van der Waals surface area contributed by atoms with E-state index >= 15 is 0 Å². The zero-order valence-electron chi connectivity index (χ0n) is 9.81. The van der Waals surface area contributed by atoms with E-state index in [1.165, 1.54) is 51.6 Å². The molecule has 1 unspecified atom stereocenters. The summed E-state index contributed by atoms with van der Waals surface area (Å²) in [4.78, 5) is 0. The standard InChI is InChI=1S/C13H25N/c1-13(2)8-4-3-5-12(13)10-14-9-11-6-7-11/h11-12,14H,3-10H2,1-2H3. The van der Waals surface area contributed by atoms with Crippen molar-refractivity contribution in [2.45, 2.75) is 52.4 Å². The Bertz CT molecular complexity index is 182. The maximum atomic E-state index is 3.67. The van der Waals surface area contributed by atoms with Crippen molar-refractivity contribution in [2.24, 2.45) is 17.3 Å². The van der Waals surface area contributed by atoms with Crippen molar-refractivity contribution < 1.29 is 0 Å². The van der Waals surface area contributed by atoms with Crippen LogP contribution in [0.3, 0.4) is 0 Å². The van der Waals surface area contributed by atoms with Gasteiger partial charge in [-0.1, -0.05) is 26.7 Å². The van der Waals surface area contributed by atoms with Crippen LogP contribution in [0.1, 0.15) is 52.4 Å². The van der Waals surface area contributed by atoms with E-state index in [2.05, 4.69) is 19.2 Å². The van der Waals surface area contributed by atoms with Crippen LogP contribution >= 0.6 is 0 Å². The normalized spacial score (nSPS) is 31.7. The van der Waals surface area contributed by atoms with Gasteiger partial charge in [0.05, 0.1) is 0 Å². The fraction of sp³-hybridized carbons (Fsp3) is 1.00. The highest BCUT2D eigenvalue weighted by Gasteiger charge is 2.32. The second kappa shape index (κ2) is 4.22. The van der Waals surface area contributed by atoms with Crippen LogP contribution in [-0.4, -0.2) is 13.1 Å². The molecule has 0 radical (unpaired) electrons. The van der Waals surface area contributed by atoms with Crippen LogP contribution in [0.4, 0.5) is 0 Å². The third kappa shape index (κ3) is 2.73. The summed E-state index contributed by atoms with van der Waals surface area (Å²) in [6.07, 6.45) is 8.74. The Morgan fingerprint density at radius 1 is 1.07 bits per heavy atom. The van der Waals surface area contributed by atoms with E-state index in [0.29, 0.717) is 5.41 Å². The van der Waals surface area contributed by atoms with Crippen LogP contribution in [0.15, 0.2) is 0 Å². The Morgan fingerprint density at radius 3 is 2.50 bits per heavy atom. The fourth-order valence-corrected chi connectivity index (χ4v) is 2.73. The lowest BCUT2D eigenvalue weighted by molar-refractivity contribution is 0.135. The van der Waals surface area contributed by atoms with Crippen molar-refractivity contribution in [3.05, 3.63) is 0 Å². The van der Waals surface area contributed by atoms with Gasteiger partial charge in [0.15, 0.2) is 0 Å². The van der Waals surface area contributed by atoms with E-state index in [-0.39, 0.29) is 0 Å². The van der Waals surface area contributed by atoms with Gasteiger partial charge >= 0.3 is 0 Å². The van der Waals surface area contributed by atoms with E-state index in [4.69, 9.17) is 0 Å². The summed E-state index contributed by atoms with van der Waals surface area (Å²) >= 11 is 0. The lowest BCUT2D eigenvalue weighted by Gasteiger charge is -2.38. The van der Waals surface area contributed by atoms with E-state index in [9.17, 15) is 0 Å². The predicted molar refractivity (Wildman–Crippen MR) is 61.3 cm³/mol. The predicted octanol–water partition coefficient (Wildman–Crippen LogP) is 3.20. The van der Waals surface area contributed by atoms with E-state index < -0.39 is 0 Å². The van der Waals surface area contributed by atoms with Crippen molar-refractivity contribution in [3.63, 3.8) is 0 Å². The Hall–Kier alpha value is -0.0400. The third-order valence-corrected chi connectivity index (χ3v) is 4.25. The molecule has 0 bridgehead atoms. The van der Waals surface area contributed by atoms with Gasteiger partial charge in [0.1, 0.15) is 0 Å². The van der Waals surface area contributed by atoms with Crippen molar-refractivity contribution in [1.82, 2.24) is 5.32 Å². The average molecular weight is 195 g/mol.